The molecule has 1 aromatic rings. The van der Waals surface area contributed by atoms with Crippen LogP contribution in [-0.2, 0) is 6.54 Å². The van der Waals surface area contributed by atoms with E-state index in [1.165, 1.54) is 5.56 Å². The molecule has 1 aliphatic heterocycles. The molecule has 0 amide bonds. The largest absolute Gasteiger partial charge is 0.329 e. The molecule has 4 heteroatoms. The standard InChI is InChI=1S/C13H20ClN3/c1-16-6-7-17(12(8-15)10-16)9-11-4-2-3-5-13(11)14/h2-5,12H,6-10,15H2,1H3. The minimum Gasteiger partial charge on any atom is -0.329 e. The van der Waals surface area contributed by atoms with E-state index in [1.54, 1.807) is 0 Å². The first-order valence-electron chi connectivity index (χ1n) is 6.06. The fraction of sp³-hybridized carbons (Fsp3) is 0.538. The summed E-state index contributed by atoms with van der Waals surface area (Å²) in [5.74, 6) is 0. The van der Waals surface area contributed by atoms with E-state index in [-0.39, 0.29) is 0 Å². The maximum absolute atomic E-state index is 6.19. The van der Waals surface area contributed by atoms with Crippen molar-refractivity contribution in [3.05, 3.63) is 34.9 Å². The van der Waals surface area contributed by atoms with E-state index < -0.39 is 0 Å². The van der Waals surface area contributed by atoms with Crippen molar-refractivity contribution in [1.82, 2.24) is 9.80 Å². The van der Waals surface area contributed by atoms with E-state index in [9.17, 15) is 0 Å². The Morgan fingerprint density at radius 2 is 2.12 bits per heavy atom. The molecule has 1 saturated heterocycles. The molecule has 0 radical (unpaired) electrons. The summed E-state index contributed by atoms with van der Waals surface area (Å²) in [6, 6.07) is 8.48. The Kier molecular flexibility index (Phi) is 4.40. The maximum atomic E-state index is 6.19. The highest BCUT2D eigenvalue weighted by molar-refractivity contribution is 6.31. The van der Waals surface area contributed by atoms with Crippen LogP contribution in [0.3, 0.4) is 0 Å². The Bertz CT molecular complexity index is 369. The van der Waals surface area contributed by atoms with Crippen molar-refractivity contribution >= 4 is 11.6 Å². The molecular formula is C13H20ClN3. The first-order valence-corrected chi connectivity index (χ1v) is 6.44. The molecule has 2 N–H and O–H groups in total. The lowest BCUT2D eigenvalue weighted by molar-refractivity contribution is 0.0881. The van der Waals surface area contributed by atoms with Gasteiger partial charge in [0.25, 0.3) is 0 Å². The van der Waals surface area contributed by atoms with Crippen LogP contribution in [0, 0.1) is 0 Å². The Morgan fingerprint density at radius 1 is 1.35 bits per heavy atom. The van der Waals surface area contributed by atoms with E-state index in [1.807, 2.05) is 18.2 Å². The van der Waals surface area contributed by atoms with Gasteiger partial charge in [-0.25, -0.2) is 0 Å². The number of hydrogen-bond donors (Lipinski definition) is 1. The van der Waals surface area contributed by atoms with Gasteiger partial charge in [-0.1, -0.05) is 29.8 Å². The van der Waals surface area contributed by atoms with Crippen LogP contribution in [0.2, 0.25) is 5.02 Å². The van der Waals surface area contributed by atoms with Crippen LogP contribution in [-0.4, -0.2) is 49.1 Å². The second kappa shape index (κ2) is 5.83. The van der Waals surface area contributed by atoms with Gasteiger partial charge in [-0.2, -0.15) is 0 Å². The number of likely N-dealkylation sites (N-methyl/N-ethyl adjacent to an activating group) is 1. The SMILES string of the molecule is CN1CCN(Cc2ccccc2Cl)C(CN)C1. The third-order valence-electron chi connectivity index (χ3n) is 3.41. The molecular weight excluding hydrogens is 234 g/mol. The predicted molar refractivity (Wildman–Crippen MR) is 72.2 cm³/mol. The summed E-state index contributed by atoms with van der Waals surface area (Å²) in [4.78, 5) is 4.77. The molecule has 0 bridgehead atoms. The molecule has 94 valence electrons. The van der Waals surface area contributed by atoms with E-state index in [0.29, 0.717) is 12.6 Å². The molecule has 0 aliphatic carbocycles. The van der Waals surface area contributed by atoms with Gasteiger partial charge < -0.3 is 10.6 Å². The lowest BCUT2D eigenvalue weighted by atomic mass is 10.1. The van der Waals surface area contributed by atoms with Crippen molar-refractivity contribution in [2.24, 2.45) is 5.73 Å². The summed E-state index contributed by atoms with van der Waals surface area (Å²) in [5.41, 5.74) is 7.04. The number of nitrogens with zero attached hydrogens (tertiary/aromatic N) is 2. The van der Waals surface area contributed by atoms with Crippen molar-refractivity contribution < 1.29 is 0 Å². The van der Waals surface area contributed by atoms with Crippen molar-refractivity contribution in [3.8, 4) is 0 Å². The fourth-order valence-corrected chi connectivity index (χ4v) is 2.52. The smallest absolute Gasteiger partial charge is 0.0451 e. The van der Waals surface area contributed by atoms with Gasteiger partial charge in [0.2, 0.25) is 0 Å². The van der Waals surface area contributed by atoms with Crippen molar-refractivity contribution in [2.75, 3.05) is 33.2 Å². The highest BCUT2D eigenvalue weighted by atomic mass is 35.5. The molecule has 0 aromatic heterocycles. The number of nitrogens with two attached hydrogens (primary N) is 1. The van der Waals surface area contributed by atoms with Crippen LogP contribution in [0.5, 0.6) is 0 Å². The third kappa shape index (κ3) is 3.19. The number of benzene rings is 1. The minimum atomic E-state index is 0.435. The monoisotopic (exact) mass is 253 g/mol. The van der Waals surface area contributed by atoms with Crippen LogP contribution < -0.4 is 5.73 Å². The molecule has 17 heavy (non-hydrogen) atoms. The van der Waals surface area contributed by atoms with Gasteiger partial charge in [-0.05, 0) is 18.7 Å². The molecule has 1 atom stereocenters. The summed E-state index contributed by atoms with van der Waals surface area (Å²) in [7, 11) is 2.15. The van der Waals surface area contributed by atoms with Gasteiger partial charge in [0.05, 0.1) is 0 Å². The molecule has 1 unspecified atom stereocenters. The van der Waals surface area contributed by atoms with Gasteiger partial charge in [-0.15, -0.1) is 0 Å². The molecule has 1 heterocycles. The third-order valence-corrected chi connectivity index (χ3v) is 3.78. The number of halogens is 1. The molecule has 1 aliphatic rings. The predicted octanol–water partition coefficient (Wildman–Crippen LogP) is 1.41. The summed E-state index contributed by atoms with van der Waals surface area (Å²) >= 11 is 6.19. The fourth-order valence-electron chi connectivity index (χ4n) is 2.33. The second-order valence-electron chi connectivity index (χ2n) is 4.71. The normalized spacial score (nSPS) is 22.9. The topological polar surface area (TPSA) is 32.5 Å². The van der Waals surface area contributed by atoms with Gasteiger partial charge in [0, 0.05) is 43.8 Å². The average molecular weight is 254 g/mol. The van der Waals surface area contributed by atoms with Crippen molar-refractivity contribution in [1.29, 1.82) is 0 Å². The Balaban J connectivity index is 2.05. The summed E-state index contributed by atoms with van der Waals surface area (Å²) < 4.78 is 0. The zero-order valence-corrected chi connectivity index (χ0v) is 11.0. The van der Waals surface area contributed by atoms with Gasteiger partial charge in [0.1, 0.15) is 0 Å². The zero-order valence-electron chi connectivity index (χ0n) is 10.3. The van der Waals surface area contributed by atoms with Crippen LogP contribution in [0.25, 0.3) is 0 Å². The van der Waals surface area contributed by atoms with Crippen LogP contribution >= 0.6 is 11.6 Å². The molecule has 0 spiro atoms. The lowest BCUT2D eigenvalue weighted by Gasteiger charge is -2.39. The molecule has 3 nitrogen and oxygen atoms in total. The quantitative estimate of drug-likeness (QED) is 0.884. The Hall–Kier alpha value is -0.610. The van der Waals surface area contributed by atoms with Crippen LogP contribution in [0.1, 0.15) is 5.56 Å². The maximum Gasteiger partial charge on any atom is 0.0451 e. The highest BCUT2D eigenvalue weighted by Gasteiger charge is 2.24. The Labute approximate surface area is 108 Å². The van der Waals surface area contributed by atoms with Gasteiger partial charge >= 0.3 is 0 Å². The number of rotatable bonds is 3. The van der Waals surface area contributed by atoms with Crippen molar-refractivity contribution in [2.45, 2.75) is 12.6 Å². The summed E-state index contributed by atoms with van der Waals surface area (Å²) in [6.45, 7) is 4.80. The zero-order chi connectivity index (χ0) is 12.3. The number of hydrogen-bond acceptors (Lipinski definition) is 3. The van der Waals surface area contributed by atoms with Gasteiger partial charge in [-0.3, -0.25) is 4.90 Å². The van der Waals surface area contributed by atoms with Crippen LogP contribution in [0.4, 0.5) is 0 Å². The van der Waals surface area contributed by atoms with Crippen molar-refractivity contribution in [3.63, 3.8) is 0 Å². The highest BCUT2D eigenvalue weighted by Crippen LogP contribution is 2.19. The Morgan fingerprint density at radius 3 is 2.82 bits per heavy atom. The summed E-state index contributed by atoms with van der Waals surface area (Å²) in [6.07, 6.45) is 0. The first kappa shape index (κ1) is 12.8. The first-order chi connectivity index (χ1) is 8.20. The number of piperazine rings is 1. The lowest BCUT2D eigenvalue weighted by Crippen LogP contribution is -2.54. The molecule has 1 aromatic carbocycles. The van der Waals surface area contributed by atoms with E-state index in [4.69, 9.17) is 17.3 Å². The second-order valence-corrected chi connectivity index (χ2v) is 5.12. The minimum absolute atomic E-state index is 0.435. The average Bonchev–Trinajstić information content (AvgIpc) is 2.34. The molecule has 0 saturated carbocycles. The van der Waals surface area contributed by atoms with E-state index in [2.05, 4.69) is 22.9 Å². The van der Waals surface area contributed by atoms with E-state index in [0.717, 1.165) is 31.2 Å². The molecule has 1 fully saturated rings. The van der Waals surface area contributed by atoms with Gasteiger partial charge in [0.15, 0.2) is 0 Å². The van der Waals surface area contributed by atoms with E-state index >= 15 is 0 Å². The van der Waals surface area contributed by atoms with Crippen LogP contribution in [0.15, 0.2) is 24.3 Å². The summed E-state index contributed by atoms with van der Waals surface area (Å²) in [5, 5.41) is 0.849. The molecule has 2 rings (SSSR count).